The summed E-state index contributed by atoms with van der Waals surface area (Å²) in [6.07, 6.45) is 1.47. The summed E-state index contributed by atoms with van der Waals surface area (Å²) in [5, 5.41) is 23.4. The van der Waals surface area contributed by atoms with Gasteiger partial charge in [-0.2, -0.15) is 0 Å². The summed E-state index contributed by atoms with van der Waals surface area (Å²) in [5.41, 5.74) is -0.851. The van der Waals surface area contributed by atoms with Crippen LogP contribution in [0.15, 0.2) is 30.5 Å². The highest BCUT2D eigenvalue weighted by atomic mass is 16.6. The Morgan fingerprint density at radius 3 is 2.61 bits per heavy atom. The number of ether oxygens (including phenoxy) is 2. The maximum atomic E-state index is 12.6. The summed E-state index contributed by atoms with van der Waals surface area (Å²) in [6.45, 7) is 5.92. The number of fused-ring (bicyclic) bond motifs is 1. The fourth-order valence-electron chi connectivity index (χ4n) is 3.60. The van der Waals surface area contributed by atoms with Gasteiger partial charge in [-0.05, 0) is 32.4 Å². The van der Waals surface area contributed by atoms with Crippen molar-refractivity contribution in [1.82, 2.24) is 4.57 Å². The summed E-state index contributed by atoms with van der Waals surface area (Å²) in [7, 11) is 0. The smallest absolute Gasteiger partial charge is 0.419 e. The predicted molar refractivity (Wildman–Crippen MR) is 103 cm³/mol. The molecule has 1 aromatic carbocycles. The Morgan fingerprint density at radius 1 is 1.36 bits per heavy atom. The van der Waals surface area contributed by atoms with Crippen molar-refractivity contribution in [2.24, 2.45) is 0 Å². The Balaban J connectivity index is 1.98. The zero-order valence-electron chi connectivity index (χ0n) is 16.4. The van der Waals surface area contributed by atoms with Gasteiger partial charge >= 0.3 is 6.09 Å². The van der Waals surface area contributed by atoms with Gasteiger partial charge in [-0.1, -0.05) is 18.2 Å². The molecule has 1 N–H and O–H groups in total. The van der Waals surface area contributed by atoms with Crippen LogP contribution in [0.4, 0.5) is 4.79 Å². The number of carbonyl (C=O) groups excluding carboxylic acids is 1. The SMILES string of the molecule is CC(C)(C)OC(=O)n1cc(CC([N+](=O)[O-])C2(O)CCOCC2)c2ccccc21. The molecule has 1 unspecified atom stereocenters. The molecule has 28 heavy (non-hydrogen) atoms. The van der Waals surface area contributed by atoms with Crippen molar-refractivity contribution in [3.05, 3.63) is 46.1 Å². The highest BCUT2D eigenvalue weighted by molar-refractivity contribution is 5.92. The summed E-state index contributed by atoms with van der Waals surface area (Å²) >= 11 is 0. The van der Waals surface area contributed by atoms with E-state index >= 15 is 0 Å². The molecule has 1 aromatic heterocycles. The van der Waals surface area contributed by atoms with Crippen LogP contribution in [0.2, 0.25) is 0 Å². The highest BCUT2D eigenvalue weighted by Gasteiger charge is 2.46. The molecular formula is C20H26N2O6. The average Bonchev–Trinajstić information content (AvgIpc) is 2.97. The summed E-state index contributed by atoms with van der Waals surface area (Å²) in [5.74, 6) is 0. The van der Waals surface area contributed by atoms with Crippen LogP contribution < -0.4 is 0 Å². The molecule has 0 aliphatic carbocycles. The molecule has 3 rings (SSSR count). The highest BCUT2D eigenvalue weighted by Crippen LogP contribution is 2.31. The van der Waals surface area contributed by atoms with Crippen molar-refractivity contribution in [3.63, 3.8) is 0 Å². The second-order valence-corrected chi connectivity index (χ2v) is 8.24. The van der Waals surface area contributed by atoms with Crippen molar-refractivity contribution in [2.75, 3.05) is 13.2 Å². The lowest BCUT2D eigenvalue weighted by atomic mass is 9.83. The molecule has 0 radical (unpaired) electrons. The molecule has 152 valence electrons. The quantitative estimate of drug-likeness (QED) is 0.635. The van der Waals surface area contributed by atoms with E-state index in [0.29, 0.717) is 24.3 Å². The van der Waals surface area contributed by atoms with Crippen molar-refractivity contribution in [3.8, 4) is 0 Å². The van der Waals surface area contributed by atoms with Crippen molar-refractivity contribution in [2.45, 2.75) is 57.3 Å². The number of nitro groups is 1. The minimum Gasteiger partial charge on any atom is -0.443 e. The van der Waals surface area contributed by atoms with Gasteiger partial charge in [-0.3, -0.25) is 14.7 Å². The van der Waals surface area contributed by atoms with Crippen LogP contribution in [0, 0.1) is 10.1 Å². The second kappa shape index (κ2) is 7.52. The van der Waals surface area contributed by atoms with E-state index < -0.39 is 28.3 Å². The Hall–Kier alpha value is -2.45. The number of benzene rings is 1. The number of nitrogens with zero attached hydrogens (tertiary/aromatic N) is 2. The molecule has 2 aromatic rings. The third kappa shape index (κ3) is 4.18. The fraction of sp³-hybridized carbons (Fsp3) is 0.550. The molecule has 1 atom stereocenters. The van der Waals surface area contributed by atoms with Gasteiger partial charge in [-0.25, -0.2) is 4.79 Å². The lowest BCUT2D eigenvalue weighted by molar-refractivity contribution is -0.547. The number of aromatic nitrogens is 1. The molecule has 0 amide bonds. The van der Waals surface area contributed by atoms with Gasteiger partial charge in [0.2, 0.25) is 6.04 Å². The Labute approximate surface area is 163 Å². The molecule has 1 saturated heterocycles. The topological polar surface area (TPSA) is 104 Å². The van der Waals surface area contributed by atoms with E-state index in [4.69, 9.17) is 9.47 Å². The maximum absolute atomic E-state index is 12.6. The van der Waals surface area contributed by atoms with Gasteiger partial charge in [0, 0.05) is 49.0 Å². The molecule has 8 heteroatoms. The number of para-hydroxylation sites is 1. The van der Waals surface area contributed by atoms with E-state index in [0.717, 1.165) is 5.39 Å². The average molecular weight is 390 g/mol. The zero-order valence-corrected chi connectivity index (χ0v) is 16.4. The first-order chi connectivity index (χ1) is 13.1. The Morgan fingerprint density at radius 2 is 2.00 bits per heavy atom. The standard InChI is InChI=1S/C20H26N2O6/c1-19(2,3)28-18(23)21-13-14(15-6-4-5-7-16(15)21)12-17(22(25)26)20(24)8-10-27-11-9-20/h4-7,13,17,24H,8-12H2,1-3H3. The third-order valence-corrected chi connectivity index (χ3v) is 5.03. The minimum absolute atomic E-state index is 0.0137. The van der Waals surface area contributed by atoms with Crippen molar-refractivity contribution >= 4 is 17.0 Å². The van der Waals surface area contributed by atoms with E-state index in [1.807, 2.05) is 12.1 Å². The van der Waals surface area contributed by atoms with Gasteiger partial charge < -0.3 is 14.6 Å². The monoisotopic (exact) mass is 390 g/mol. The van der Waals surface area contributed by atoms with Crippen LogP contribution in [0.3, 0.4) is 0 Å². The van der Waals surface area contributed by atoms with Crippen molar-refractivity contribution in [1.29, 1.82) is 0 Å². The van der Waals surface area contributed by atoms with Gasteiger partial charge in [0.25, 0.3) is 0 Å². The molecule has 0 spiro atoms. The first-order valence-corrected chi connectivity index (χ1v) is 9.37. The Kier molecular flexibility index (Phi) is 5.45. The van der Waals surface area contributed by atoms with Crippen LogP contribution in [-0.2, 0) is 15.9 Å². The fourth-order valence-corrected chi connectivity index (χ4v) is 3.60. The maximum Gasteiger partial charge on any atom is 0.419 e. The second-order valence-electron chi connectivity index (χ2n) is 8.24. The van der Waals surface area contributed by atoms with Gasteiger partial charge in [0.15, 0.2) is 0 Å². The molecule has 1 fully saturated rings. The molecule has 8 nitrogen and oxygen atoms in total. The first kappa shape index (κ1) is 20.3. The summed E-state index contributed by atoms with van der Waals surface area (Å²) < 4.78 is 12.1. The molecule has 0 saturated carbocycles. The summed E-state index contributed by atoms with van der Waals surface area (Å²) in [4.78, 5) is 24.0. The van der Waals surface area contributed by atoms with Crippen LogP contribution in [0.25, 0.3) is 10.9 Å². The third-order valence-electron chi connectivity index (χ3n) is 5.03. The molecule has 1 aliphatic rings. The zero-order chi connectivity index (χ0) is 20.5. The number of hydrogen-bond donors (Lipinski definition) is 1. The van der Waals surface area contributed by atoms with E-state index in [-0.39, 0.29) is 19.3 Å². The molecule has 1 aliphatic heterocycles. The molecule has 0 bridgehead atoms. The number of carbonyl (C=O) groups is 1. The van der Waals surface area contributed by atoms with E-state index in [1.54, 1.807) is 39.1 Å². The number of rotatable bonds is 4. The van der Waals surface area contributed by atoms with E-state index in [9.17, 15) is 20.0 Å². The van der Waals surface area contributed by atoms with E-state index in [1.165, 1.54) is 4.57 Å². The molecule has 2 heterocycles. The minimum atomic E-state index is -1.43. The van der Waals surface area contributed by atoms with Gasteiger partial charge in [-0.15, -0.1) is 0 Å². The van der Waals surface area contributed by atoms with Crippen molar-refractivity contribution < 1.29 is 24.3 Å². The van der Waals surface area contributed by atoms with Crippen LogP contribution in [0.1, 0.15) is 39.2 Å². The number of hydrogen-bond acceptors (Lipinski definition) is 6. The van der Waals surface area contributed by atoms with E-state index in [2.05, 4.69) is 0 Å². The summed E-state index contributed by atoms with van der Waals surface area (Å²) in [6, 6.07) is 6.01. The predicted octanol–water partition coefficient (Wildman–Crippen LogP) is 3.15. The first-order valence-electron chi connectivity index (χ1n) is 9.37. The lowest BCUT2D eigenvalue weighted by Gasteiger charge is -2.33. The normalized spacial score (nSPS) is 18.0. The van der Waals surface area contributed by atoms with Crippen LogP contribution in [0.5, 0.6) is 0 Å². The van der Waals surface area contributed by atoms with Gasteiger partial charge in [0.1, 0.15) is 11.2 Å². The largest absolute Gasteiger partial charge is 0.443 e. The van der Waals surface area contributed by atoms with Gasteiger partial charge in [0.05, 0.1) is 5.52 Å². The van der Waals surface area contributed by atoms with Crippen LogP contribution >= 0.6 is 0 Å². The Bertz CT molecular complexity index is 876. The van der Waals surface area contributed by atoms with Crippen LogP contribution in [-0.4, -0.2) is 51.1 Å². The molecular weight excluding hydrogens is 364 g/mol. The lowest BCUT2D eigenvalue weighted by Crippen LogP contribution is -2.51. The number of aliphatic hydroxyl groups is 1.